The van der Waals surface area contributed by atoms with Crippen molar-refractivity contribution in [3.05, 3.63) is 24.3 Å². The van der Waals surface area contributed by atoms with E-state index in [0.717, 1.165) is 6.20 Å². The van der Waals surface area contributed by atoms with Gasteiger partial charge in [-0.05, 0) is 13.3 Å². The summed E-state index contributed by atoms with van der Waals surface area (Å²) in [5.74, 6) is -1.48. The van der Waals surface area contributed by atoms with E-state index in [9.17, 15) is 18.8 Å². The molecule has 2 unspecified atom stereocenters. The Bertz CT molecular complexity index is 807. The van der Waals surface area contributed by atoms with E-state index in [-0.39, 0.29) is 25.0 Å². The molecule has 2 fully saturated rings. The van der Waals surface area contributed by atoms with Crippen LogP contribution in [0.3, 0.4) is 0 Å². The number of rotatable bonds is 6. The molecule has 10 heteroatoms. The molecule has 2 N–H and O–H groups in total. The molecule has 9 nitrogen and oxygen atoms in total. The zero-order valence-electron chi connectivity index (χ0n) is 16.8. The number of imide groups is 1. The molecule has 2 aliphatic heterocycles. The molecule has 0 aliphatic carbocycles. The number of amides is 4. The number of methoxy groups -OCH3 is 1. The number of nitrogens with zero attached hydrogens (tertiary/aromatic N) is 3. The molecule has 2 aliphatic rings. The molecule has 29 heavy (non-hydrogen) atoms. The van der Waals surface area contributed by atoms with Crippen molar-refractivity contribution in [1.82, 2.24) is 20.5 Å². The highest BCUT2D eigenvalue weighted by molar-refractivity contribution is 6.07. The van der Waals surface area contributed by atoms with E-state index in [2.05, 4.69) is 15.6 Å². The van der Waals surface area contributed by atoms with Gasteiger partial charge in [-0.2, -0.15) is 0 Å². The highest BCUT2D eigenvalue weighted by Crippen LogP contribution is 2.25. The van der Waals surface area contributed by atoms with Crippen molar-refractivity contribution in [3.8, 4) is 0 Å². The fourth-order valence-electron chi connectivity index (χ4n) is 4.10. The summed E-state index contributed by atoms with van der Waals surface area (Å²) in [4.78, 5) is 44.5. The molecule has 1 aromatic rings. The van der Waals surface area contributed by atoms with Crippen LogP contribution in [0.5, 0.6) is 0 Å². The summed E-state index contributed by atoms with van der Waals surface area (Å²) in [7, 11) is 1.44. The van der Waals surface area contributed by atoms with Gasteiger partial charge >= 0.3 is 6.03 Å². The molecule has 4 amide bonds. The maximum absolute atomic E-state index is 13.5. The number of ether oxygens (including phenoxy) is 1. The standard InChI is InChI=1S/C19H26FN5O4/c1-12(7-19(11-29-3)17(27)22-18(28)23-19)16(26)24-4-5-25(13(2)10-24)15-6-14(20)8-21-9-15/h6,8-9,12-13H,4-5,7,10-11H2,1-3H3,(H2,22,23,27,28)/t12?,13-,19?/m0/s1. The van der Waals surface area contributed by atoms with Gasteiger partial charge in [0.2, 0.25) is 5.91 Å². The Labute approximate surface area is 168 Å². The minimum absolute atomic E-state index is 0.0149. The van der Waals surface area contributed by atoms with E-state index in [4.69, 9.17) is 4.74 Å². The maximum Gasteiger partial charge on any atom is 0.322 e. The number of piperazine rings is 1. The number of anilines is 1. The van der Waals surface area contributed by atoms with Crippen LogP contribution >= 0.6 is 0 Å². The summed E-state index contributed by atoms with van der Waals surface area (Å²) in [5.41, 5.74) is -0.566. The van der Waals surface area contributed by atoms with Crippen LogP contribution in [0.1, 0.15) is 20.3 Å². The van der Waals surface area contributed by atoms with Crippen molar-refractivity contribution in [2.24, 2.45) is 5.92 Å². The largest absolute Gasteiger partial charge is 0.382 e. The van der Waals surface area contributed by atoms with Crippen LogP contribution in [0.15, 0.2) is 18.5 Å². The topological polar surface area (TPSA) is 104 Å². The van der Waals surface area contributed by atoms with Gasteiger partial charge in [-0.1, -0.05) is 6.92 Å². The number of pyridine rings is 1. The van der Waals surface area contributed by atoms with Gasteiger partial charge in [0, 0.05) is 44.8 Å². The van der Waals surface area contributed by atoms with Gasteiger partial charge in [0.25, 0.3) is 5.91 Å². The van der Waals surface area contributed by atoms with Gasteiger partial charge in [0.05, 0.1) is 24.7 Å². The molecule has 158 valence electrons. The molecule has 1 aromatic heterocycles. The molecule has 0 bridgehead atoms. The number of carbonyl (C=O) groups excluding carboxylic acids is 3. The van der Waals surface area contributed by atoms with Gasteiger partial charge in [-0.25, -0.2) is 9.18 Å². The lowest BCUT2D eigenvalue weighted by molar-refractivity contribution is -0.137. The van der Waals surface area contributed by atoms with E-state index >= 15 is 0 Å². The Morgan fingerprint density at radius 1 is 1.41 bits per heavy atom. The molecular weight excluding hydrogens is 381 g/mol. The quantitative estimate of drug-likeness (QED) is 0.666. The second kappa shape index (κ2) is 8.32. The van der Waals surface area contributed by atoms with Crippen molar-refractivity contribution >= 4 is 23.5 Å². The SMILES string of the molecule is COCC1(CC(C)C(=O)N2CCN(c3cncc(F)c3)[C@@H](C)C2)NC(=O)NC1=O. The monoisotopic (exact) mass is 407 g/mol. The van der Waals surface area contributed by atoms with Crippen molar-refractivity contribution in [2.75, 3.05) is 38.3 Å². The first kappa shape index (κ1) is 21.0. The van der Waals surface area contributed by atoms with Crippen LogP contribution in [0.2, 0.25) is 0 Å². The first-order chi connectivity index (χ1) is 13.8. The predicted octanol–water partition coefficient (Wildman–Crippen LogP) is 0.509. The third-order valence-corrected chi connectivity index (χ3v) is 5.44. The molecule has 3 atom stereocenters. The minimum Gasteiger partial charge on any atom is -0.382 e. The Balaban J connectivity index is 1.65. The zero-order chi connectivity index (χ0) is 21.2. The van der Waals surface area contributed by atoms with E-state index in [0.29, 0.717) is 25.3 Å². The second-order valence-corrected chi connectivity index (χ2v) is 7.72. The molecule has 2 saturated heterocycles. The third kappa shape index (κ3) is 4.31. The van der Waals surface area contributed by atoms with E-state index in [1.54, 1.807) is 18.0 Å². The van der Waals surface area contributed by atoms with Crippen molar-refractivity contribution in [1.29, 1.82) is 0 Å². The first-order valence-corrected chi connectivity index (χ1v) is 9.54. The highest BCUT2D eigenvalue weighted by Gasteiger charge is 2.48. The molecule has 0 radical (unpaired) electrons. The average Bonchev–Trinajstić information content (AvgIpc) is 2.94. The Morgan fingerprint density at radius 3 is 2.76 bits per heavy atom. The summed E-state index contributed by atoms with van der Waals surface area (Å²) in [5, 5.41) is 4.82. The number of nitrogens with one attached hydrogen (secondary N) is 2. The number of aromatic nitrogens is 1. The Kier molecular flexibility index (Phi) is 6.02. The smallest absolute Gasteiger partial charge is 0.322 e. The summed E-state index contributed by atoms with van der Waals surface area (Å²) in [6, 6.07) is 0.822. The normalized spacial score (nSPS) is 25.6. The summed E-state index contributed by atoms with van der Waals surface area (Å²) < 4.78 is 18.6. The van der Waals surface area contributed by atoms with Crippen LogP contribution in [0, 0.1) is 11.7 Å². The summed E-state index contributed by atoms with van der Waals surface area (Å²) in [6.07, 6.45) is 2.90. The first-order valence-electron chi connectivity index (χ1n) is 9.54. The number of halogens is 1. The zero-order valence-corrected chi connectivity index (χ0v) is 16.8. The molecular formula is C19H26FN5O4. The van der Waals surface area contributed by atoms with Crippen LogP contribution in [-0.4, -0.2) is 72.7 Å². The van der Waals surface area contributed by atoms with Crippen LogP contribution < -0.4 is 15.5 Å². The van der Waals surface area contributed by atoms with Gasteiger partial charge in [0.15, 0.2) is 0 Å². The lowest BCUT2D eigenvalue weighted by Crippen LogP contribution is -2.57. The van der Waals surface area contributed by atoms with E-state index in [1.165, 1.54) is 13.2 Å². The number of hydrogen-bond donors (Lipinski definition) is 2. The predicted molar refractivity (Wildman–Crippen MR) is 103 cm³/mol. The lowest BCUT2D eigenvalue weighted by Gasteiger charge is -2.42. The van der Waals surface area contributed by atoms with Crippen molar-refractivity contribution in [3.63, 3.8) is 0 Å². The van der Waals surface area contributed by atoms with Crippen LogP contribution in [0.4, 0.5) is 14.9 Å². The second-order valence-electron chi connectivity index (χ2n) is 7.72. The van der Waals surface area contributed by atoms with E-state index in [1.807, 2.05) is 11.8 Å². The van der Waals surface area contributed by atoms with Gasteiger partial charge in [-0.15, -0.1) is 0 Å². The highest BCUT2D eigenvalue weighted by atomic mass is 19.1. The summed E-state index contributed by atoms with van der Waals surface area (Å²) >= 11 is 0. The Morgan fingerprint density at radius 2 is 2.17 bits per heavy atom. The molecule has 0 aromatic carbocycles. The molecule has 3 rings (SSSR count). The maximum atomic E-state index is 13.5. The lowest BCUT2D eigenvalue weighted by atomic mass is 9.87. The molecule has 0 spiro atoms. The van der Waals surface area contributed by atoms with Gasteiger partial charge in [-0.3, -0.25) is 19.9 Å². The van der Waals surface area contributed by atoms with Crippen molar-refractivity contribution in [2.45, 2.75) is 31.8 Å². The minimum atomic E-state index is -1.25. The number of carbonyl (C=O) groups is 3. The van der Waals surface area contributed by atoms with Gasteiger partial charge in [0.1, 0.15) is 11.4 Å². The van der Waals surface area contributed by atoms with Crippen molar-refractivity contribution < 1.29 is 23.5 Å². The number of hydrogen-bond acceptors (Lipinski definition) is 6. The summed E-state index contributed by atoms with van der Waals surface area (Å²) in [6.45, 7) is 5.18. The van der Waals surface area contributed by atoms with Crippen LogP contribution in [-0.2, 0) is 14.3 Å². The molecule has 0 saturated carbocycles. The van der Waals surface area contributed by atoms with Crippen LogP contribution in [0.25, 0.3) is 0 Å². The third-order valence-electron chi connectivity index (χ3n) is 5.44. The molecule has 3 heterocycles. The fraction of sp³-hybridized carbons (Fsp3) is 0.579. The average molecular weight is 407 g/mol. The Hall–Kier alpha value is -2.75. The van der Waals surface area contributed by atoms with E-state index < -0.39 is 29.2 Å². The van der Waals surface area contributed by atoms with Gasteiger partial charge < -0.3 is 19.9 Å². The number of urea groups is 1. The fourth-order valence-corrected chi connectivity index (χ4v) is 4.10.